The number of hydrogen-bond donors (Lipinski definition) is 0. The van der Waals surface area contributed by atoms with Gasteiger partial charge < -0.3 is 9.64 Å². The number of ether oxygens (including phenoxy) is 1. The Bertz CT molecular complexity index is 935. The van der Waals surface area contributed by atoms with Gasteiger partial charge in [-0.1, -0.05) is 11.6 Å². The number of rotatable bonds is 3. The summed E-state index contributed by atoms with van der Waals surface area (Å²) in [5.41, 5.74) is 5.16. The molecule has 3 aliphatic rings. The van der Waals surface area contributed by atoms with Crippen molar-refractivity contribution in [2.45, 2.75) is 64.8 Å². The number of hydrogen-bond acceptors (Lipinski definition) is 4. The lowest BCUT2D eigenvalue weighted by Crippen LogP contribution is -2.27. The first-order valence-corrected chi connectivity index (χ1v) is 10.5. The highest BCUT2D eigenvalue weighted by Crippen LogP contribution is 2.49. The summed E-state index contributed by atoms with van der Waals surface area (Å²) >= 11 is 6.35. The van der Waals surface area contributed by atoms with E-state index >= 15 is 0 Å². The molecule has 28 heavy (non-hydrogen) atoms. The van der Waals surface area contributed by atoms with Gasteiger partial charge >= 0.3 is 0 Å². The number of aryl methyl sites for hydroxylation is 1. The van der Waals surface area contributed by atoms with Gasteiger partial charge in [0.05, 0.1) is 29.2 Å². The first kappa shape index (κ1) is 18.1. The minimum atomic E-state index is 0.0468. The maximum absolute atomic E-state index is 13.1. The molecule has 1 aliphatic carbocycles. The van der Waals surface area contributed by atoms with Crippen LogP contribution < -0.4 is 0 Å². The molecule has 148 valence electrons. The van der Waals surface area contributed by atoms with Gasteiger partial charge in [0.1, 0.15) is 6.23 Å². The fraction of sp³-hybridized carbons (Fsp3) is 0.571. The molecule has 1 saturated heterocycles. The number of carbonyl (C=O) groups is 1. The summed E-state index contributed by atoms with van der Waals surface area (Å²) in [4.78, 5) is 19.6. The molecule has 2 aromatic heterocycles. The number of aromatic nitrogens is 3. The van der Waals surface area contributed by atoms with E-state index in [4.69, 9.17) is 16.3 Å². The highest BCUT2D eigenvalue weighted by atomic mass is 35.5. The zero-order chi connectivity index (χ0) is 19.4. The number of halogens is 1. The normalized spacial score (nSPS) is 26.4. The molecule has 2 fully saturated rings. The molecule has 7 heteroatoms. The van der Waals surface area contributed by atoms with Crippen molar-refractivity contribution < 1.29 is 9.53 Å². The molecule has 0 bridgehead atoms. The number of amides is 1. The molecule has 5 rings (SSSR count). The number of nitrogens with zero attached hydrogens (tertiary/aromatic N) is 4. The van der Waals surface area contributed by atoms with E-state index in [0.29, 0.717) is 13.1 Å². The molecule has 1 saturated carbocycles. The second-order valence-electron chi connectivity index (χ2n) is 8.28. The summed E-state index contributed by atoms with van der Waals surface area (Å²) in [5.74, 6) is 0.543. The number of fused-ring (bicyclic) bond motifs is 1. The summed E-state index contributed by atoms with van der Waals surface area (Å²) in [6, 6.07) is 0. The topological polar surface area (TPSA) is 60.2 Å². The van der Waals surface area contributed by atoms with Gasteiger partial charge in [-0.2, -0.15) is 5.10 Å². The summed E-state index contributed by atoms with van der Waals surface area (Å²) in [7, 11) is 0. The van der Waals surface area contributed by atoms with Crippen molar-refractivity contribution in [3.05, 3.63) is 45.5 Å². The van der Waals surface area contributed by atoms with E-state index in [1.807, 2.05) is 29.6 Å². The third-order valence-corrected chi connectivity index (χ3v) is 6.92. The predicted octanol–water partition coefficient (Wildman–Crippen LogP) is 3.89. The Labute approximate surface area is 169 Å². The Morgan fingerprint density at radius 2 is 2.14 bits per heavy atom. The van der Waals surface area contributed by atoms with Crippen molar-refractivity contribution in [2.24, 2.45) is 5.92 Å². The van der Waals surface area contributed by atoms with Crippen LogP contribution in [0.4, 0.5) is 0 Å². The fourth-order valence-electron chi connectivity index (χ4n) is 4.57. The minimum Gasteiger partial charge on any atom is -0.357 e. The van der Waals surface area contributed by atoms with Crippen molar-refractivity contribution in [1.82, 2.24) is 19.7 Å². The molecular weight excluding hydrogens is 376 g/mol. The molecule has 0 radical (unpaired) electrons. The van der Waals surface area contributed by atoms with Gasteiger partial charge in [-0.25, -0.2) is 4.68 Å². The number of carbonyl (C=O) groups excluding carboxylic acids is 1. The molecule has 3 atom stereocenters. The monoisotopic (exact) mass is 400 g/mol. The van der Waals surface area contributed by atoms with Crippen LogP contribution in [0.3, 0.4) is 0 Å². The zero-order valence-electron chi connectivity index (χ0n) is 16.3. The number of pyridine rings is 1. The Morgan fingerprint density at radius 1 is 1.29 bits per heavy atom. The third kappa shape index (κ3) is 3.03. The molecular formula is C21H25ClN4O2. The Morgan fingerprint density at radius 3 is 2.93 bits per heavy atom. The van der Waals surface area contributed by atoms with Gasteiger partial charge in [0.25, 0.3) is 0 Å². The van der Waals surface area contributed by atoms with Crippen LogP contribution in [0, 0.1) is 19.8 Å². The van der Waals surface area contributed by atoms with E-state index in [1.165, 1.54) is 6.42 Å². The van der Waals surface area contributed by atoms with Crippen LogP contribution in [0.5, 0.6) is 0 Å². The third-order valence-electron chi connectivity index (χ3n) is 6.36. The molecule has 1 amide bonds. The summed E-state index contributed by atoms with van der Waals surface area (Å²) < 4.78 is 7.74. The summed E-state index contributed by atoms with van der Waals surface area (Å²) in [6.45, 7) is 5.95. The lowest BCUT2D eigenvalue weighted by Gasteiger charge is -2.22. The molecule has 0 spiro atoms. The molecule has 2 aromatic rings. The highest BCUT2D eigenvalue weighted by Gasteiger charge is 2.47. The second-order valence-corrected chi connectivity index (χ2v) is 8.66. The quantitative estimate of drug-likeness (QED) is 0.784. The lowest BCUT2D eigenvalue weighted by atomic mass is 10.1. The maximum Gasteiger partial charge on any atom is 0.226 e. The van der Waals surface area contributed by atoms with Crippen LogP contribution in [0.15, 0.2) is 12.4 Å². The average molecular weight is 401 g/mol. The van der Waals surface area contributed by atoms with Crippen molar-refractivity contribution >= 4 is 17.5 Å². The van der Waals surface area contributed by atoms with Crippen LogP contribution >= 0.6 is 11.6 Å². The van der Waals surface area contributed by atoms with Crippen molar-refractivity contribution in [3.8, 4) is 0 Å². The Hall–Kier alpha value is -1.92. The van der Waals surface area contributed by atoms with Gasteiger partial charge in [-0.05, 0) is 62.1 Å². The minimum absolute atomic E-state index is 0.0468. The SMILES string of the molecule is Cc1nc2c(c(C)c1Cl)CN(C(=O)[C@H]1C[C@@H]1c1cnn([C@H]3CCCCO3)c1)C2. The van der Waals surface area contributed by atoms with E-state index in [-0.39, 0.29) is 24.0 Å². The maximum atomic E-state index is 13.1. The Kier molecular flexibility index (Phi) is 4.43. The van der Waals surface area contributed by atoms with E-state index in [1.54, 1.807) is 0 Å². The second kappa shape index (κ2) is 6.85. The average Bonchev–Trinajstić information content (AvgIpc) is 3.15. The summed E-state index contributed by atoms with van der Waals surface area (Å²) in [5, 5.41) is 5.22. The van der Waals surface area contributed by atoms with Gasteiger partial charge in [0.15, 0.2) is 0 Å². The van der Waals surface area contributed by atoms with Crippen LogP contribution in [-0.2, 0) is 22.6 Å². The van der Waals surface area contributed by atoms with E-state index in [9.17, 15) is 4.79 Å². The van der Waals surface area contributed by atoms with Crippen molar-refractivity contribution in [1.29, 1.82) is 0 Å². The van der Waals surface area contributed by atoms with Gasteiger partial charge in [-0.3, -0.25) is 9.78 Å². The summed E-state index contributed by atoms with van der Waals surface area (Å²) in [6.07, 6.45) is 8.23. The smallest absolute Gasteiger partial charge is 0.226 e. The molecule has 4 heterocycles. The first-order valence-electron chi connectivity index (χ1n) is 10.1. The van der Waals surface area contributed by atoms with E-state index in [2.05, 4.69) is 16.3 Å². The van der Waals surface area contributed by atoms with E-state index in [0.717, 1.165) is 59.0 Å². The molecule has 0 N–H and O–H groups in total. The lowest BCUT2D eigenvalue weighted by molar-refractivity contribution is -0.133. The molecule has 2 aliphatic heterocycles. The highest BCUT2D eigenvalue weighted by molar-refractivity contribution is 6.32. The Balaban J connectivity index is 1.26. The van der Waals surface area contributed by atoms with E-state index < -0.39 is 0 Å². The molecule has 0 unspecified atom stereocenters. The van der Waals surface area contributed by atoms with Crippen LogP contribution in [0.25, 0.3) is 0 Å². The van der Waals surface area contributed by atoms with Crippen LogP contribution in [0.2, 0.25) is 5.02 Å². The van der Waals surface area contributed by atoms with Gasteiger partial charge in [0.2, 0.25) is 5.91 Å². The van der Waals surface area contributed by atoms with Crippen molar-refractivity contribution in [2.75, 3.05) is 6.61 Å². The van der Waals surface area contributed by atoms with Crippen LogP contribution in [-0.4, -0.2) is 32.2 Å². The van der Waals surface area contributed by atoms with Gasteiger partial charge in [0, 0.05) is 25.3 Å². The van der Waals surface area contributed by atoms with Gasteiger partial charge in [-0.15, -0.1) is 0 Å². The zero-order valence-corrected chi connectivity index (χ0v) is 17.1. The molecule has 6 nitrogen and oxygen atoms in total. The van der Waals surface area contributed by atoms with Crippen molar-refractivity contribution in [3.63, 3.8) is 0 Å². The fourth-order valence-corrected chi connectivity index (χ4v) is 4.72. The molecule has 0 aromatic carbocycles. The van der Waals surface area contributed by atoms with Crippen LogP contribution in [0.1, 0.15) is 65.9 Å². The largest absolute Gasteiger partial charge is 0.357 e. The first-order chi connectivity index (χ1) is 13.5. The predicted molar refractivity (Wildman–Crippen MR) is 105 cm³/mol. The standard InChI is InChI=1S/C21H25ClN4O2/c1-12-17-10-25(11-18(17)24-13(2)20(12)22)21(27)16-7-15(16)14-8-23-26(9-14)19-5-3-4-6-28-19/h8-9,15-16,19H,3-7,10-11H2,1-2H3/t15-,16+,19-/m1/s1.